The van der Waals surface area contributed by atoms with Gasteiger partial charge >= 0.3 is 11.9 Å². The van der Waals surface area contributed by atoms with E-state index >= 15 is 0 Å². The Hall–Kier alpha value is -0.883. The fraction of sp³-hybridized carbons (Fsp3) is 0.923. The number of carbonyl (C=O) groups is 2. The molecule has 0 radical (unpaired) electrons. The number of aliphatic carboxylic acids is 1. The predicted octanol–water partition coefficient (Wildman–Crippen LogP) is 6.42. The fourth-order valence-corrected chi connectivity index (χ4v) is 8.16. The number of ether oxygens (including phenoxy) is 1. The smallest absolute Gasteiger partial charge is 0.320 e. The lowest BCUT2D eigenvalue weighted by atomic mass is 9.60. The minimum atomic E-state index is -1.82. The zero-order chi connectivity index (χ0) is 23.9. The van der Waals surface area contributed by atoms with Gasteiger partial charge in [0.1, 0.15) is 0 Å². The molecule has 5 atom stereocenters. The van der Waals surface area contributed by atoms with E-state index in [2.05, 4.69) is 40.8 Å². The number of carboxylic acid groups (broad SMARTS) is 1. The normalized spacial score (nSPS) is 32.8. The van der Waals surface area contributed by atoms with E-state index < -0.39 is 26.2 Å². The second-order valence-corrected chi connectivity index (χ2v) is 17.4. The third kappa shape index (κ3) is 4.82. The van der Waals surface area contributed by atoms with Gasteiger partial charge in [0.05, 0.1) is 6.61 Å². The standard InChI is InChI=1S/C26H46O5Si/c1-8-30-23(29)18(22(27)28)13-15-26(16-17-26)21-12-11-19-20(10-9-14-25(19,21)5)31-32(6,7)24(2,3)4/h18-21H,8-17H2,1-7H3,(H,27,28). The van der Waals surface area contributed by atoms with Crippen LogP contribution in [0.15, 0.2) is 0 Å². The van der Waals surface area contributed by atoms with Crippen LogP contribution < -0.4 is 0 Å². The van der Waals surface area contributed by atoms with Crippen molar-refractivity contribution in [1.29, 1.82) is 0 Å². The van der Waals surface area contributed by atoms with Gasteiger partial charge in [-0.1, -0.05) is 34.1 Å². The van der Waals surface area contributed by atoms with Gasteiger partial charge in [0.25, 0.3) is 0 Å². The lowest BCUT2D eigenvalue weighted by Gasteiger charge is -2.50. The zero-order valence-electron chi connectivity index (χ0n) is 21.5. The molecule has 0 amide bonds. The molecule has 0 heterocycles. The first kappa shape index (κ1) is 25.7. The van der Waals surface area contributed by atoms with Crippen LogP contribution in [0.3, 0.4) is 0 Å². The van der Waals surface area contributed by atoms with Crippen molar-refractivity contribution in [2.75, 3.05) is 6.61 Å². The van der Waals surface area contributed by atoms with E-state index in [9.17, 15) is 14.7 Å². The molecule has 0 aliphatic heterocycles. The Morgan fingerprint density at radius 3 is 2.31 bits per heavy atom. The van der Waals surface area contributed by atoms with E-state index in [1.54, 1.807) is 6.92 Å². The van der Waals surface area contributed by atoms with Crippen LogP contribution in [0.1, 0.15) is 92.4 Å². The summed E-state index contributed by atoms with van der Waals surface area (Å²) in [5.41, 5.74) is 0.479. The zero-order valence-corrected chi connectivity index (χ0v) is 22.5. The molecular weight excluding hydrogens is 420 g/mol. The molecule has 3 aliphatic rings. The number of rotatable bonds is 9. The highest BCUT2D eigenvalue weighted by molar-refractivity contribution is 6.74. The molecule has 32 heavy (non-hydrogen) atoms. The number of hydrogen-bond acceptors (Lipinski definition) is 4. The van der Waals surface area contributed by atoms with E-state index in [1.165, 1.54) is 44.9 Å². The van der Waals surface area contributed by atoms with Gasteiger partial charge in [0.15, 0.2) is 14.2 Å². The van der Waals surface area contributed by atoms with E-state index in [0.717, 1.165) is 6.42 Å². The van der Waals surface area contributed by atoms with Crippen molar-refractivity contribution in [3.63, 3.8) is 0 Å². The van der Waals surface area contributed by atoms with E-state index in [4.69, 9.17) is 9.16 Å². The minimum Gasteiger partial charge on any atom is -0.481 e. The molecule has 0 aromatic carbocycles. The molecule has 3 aliphatic carbocycles. The molecule has 0 saturated heterocycles. The van der Waals surface area contributed by atoms with Crippen LogP contribution in [0.25, 0.3) is 0 Å². The second kappa shape index (κ2) is 9.05. The third-order valence-corrected chi connectivity index (χ3v) is 14.3. The van der Waals surface area contributed by atoms with Crippen LogP contribution >= 0.6 is 0 Å². The SMILES string of the molecule is CCOC(=O)C(CCC1(C2CCC3C(O[Si](C)(C)C(C)(C)C)CCCC32C)CC1)C(=O)O. The maximum atomic E-state index is 12.2. The highest BCUT2D eigenvalue weighted by atomic mass is 28.4. The molecule has 6 heteroatoms. The summed E-state index contributed by atoms with van der Waals surface area (Å²) in [4.78, 5) is 23.9. The van der Waals surface area contributed by atoms with Crippen LogP contribution in [-0.4, -0.2) is 38.1 Å². The maximum absolute atomic E-state index is 12.2. The molecule has 3 fully saturated rings. The number of carbonyl (C=O) groups excluding carboxylic acids is 1. The van der Waals surface area contributed by atoms with Gasteiger partial charge in [-0.15, -0.1) is 0 Å². The summed E-state index contributed by atoms with van der Waals surface area (Å²) >= 11 is 0. The lowest BCUT2D eigenvalue weighted by molar-refractivity contribution is -0.158. The average molecular weight is 467 g/mol. The summed E-state index contributed by atoms with van der Waals surface area (Å²) in [5.74, 6) is -1.43. The number of carboxylic acids is 1. The molecule has 0 aromatic heterocycles. The van der Waals surface area contributed by atoms with Gasteiger partial charge in [-0.2, -0.15) is 0 Å². The van der Waals surface area contributed by atoms with Crippen molar-refractivity contribution >= 4 is 20.3 Å². The monoisotopic (exact) mass is 466 g/mol. The van der Waals surface area contributed by atoms with Crippen molar-refractivity contribution < 1.29 is 23.9 Å². The first-order valence-corrected chi connectivity index (χ1v) is 15.8. The van der Waals surface area contributed by atoms with Gasteiger partial charge in [0, 0.05) is 6.10 Å². The number of hydrogen-bond donors (Lipinski definition) is 1. The van der Waals surface area contributed by atoms with Crippen molar-refractivity contribution in [3.05, 3.63) is 0 Å². The number of esters is 1. The largest absolute Gasteiger partial charge is 0.481 e. The maximum Gasteiger partial charge on any atom is 0.320 e. The second-order valence-electron chi connectivity index (χ2n) is 12.6. The average Bonchev–Trinajstić information content (AvgIpc) is 3.34. The van der Waals surface area contributed by atoms with Crippen LogP contribution in [-0.2, 0) is 18.8 Å². The molecule has 3 saturated carbocycles. The Balaban J connectivity index is 1.72. The quantitative estimate of drug-likeness (QED) is 0.241. The van der Waals surface area contributed by atoms with Crippen molar-refractivity contribution in [2.24, 2.45) is 28.6 Å². The van der Waals surface area contributed by atoms with Crippen LogP contribution in [0.2, 0.25) is 18.1 Å². The molecule has 0 bridgehead atoms. The highest BCUT2D eigenvalue weighted by Crippen LogP contribution is 2.69. The Kier molecular flexibility index (Phi) is 7.28. The summed E-state index contributed by atoms with van der Waals surface area (Å²) in [5, 5.41) is 9.80. The van der Waals surface area contributed by atoms with Gasteiger partial charge in [-0.05, 0) is 99.1 Å². The van der Waals surface area contributed by atoms with Gasteiger partial charge in [0.2, 0.25) is 0 Å². The summed E-state index contributed by atoms with van der Waals surface area (Å²) < 4.78 is 12.0. The molecule has 0 aromatic rings. The van der Waals surface area contributed by atoms with E-state index in [0.29, 0.717) is 24.4 Å². The Labute approximate surface area is 196 Å². The Bertz CT molecular complexity index is 707. The molecule has 3 rings (SSSR count). The highest BCUT2D eigenvalue weighted by Gasteiger charge is 2.62. The summed E-state index contributed by atoms with van der Waals surface area (Å²) in [6.07, 6.45) is 10.0. The molecule has 5 unspecified atom stereocenters. The molecule has 0 spiro atoms. The van der Waals surface area contributed by atoms with Crippen LogP contribution in [0.5, 0.6) is 0 Å². The third-order valence-electron chi connectivity index (χ3n) is 9.75. The topological polar surface area (TPSA) is 72.8 Å². The minimum absolute atomic E-state index is 0.211. The summed E-state index contributed by atoms with van der Waals surface area (Å²) in [6, 6.07) is 0. The van der Waals surface area contributed by atoms with E-state index in [1.807, 2.05) is 0 Å². The fourth-order valence-electron chi connectivity index (χ4n) is 6.77. The summed E-state index contributed by atoms with van der Waals surface area (Å²) in [6.45, 7) is 16.2. The first-order chi connectivity index (χ1) is 14.8. The van der Waals surface area contributed by atoms with E-state index in [-0.39, 0.29) is 22.5 Å². The Morgan fingerprint density at radius 2 is 1.78 bits per heavy atom. The molecular formula is C26H46O5Si. The molecule has 1 N–H and O–H groups in total. The van der Waals surface area contributed by atoms with Crippen LogP contribution in [0.4, 0.5) is 0 Å². The first-order valence-electron chi connectivity index (χ1n) is 12.8. The van der Waals surface area contributed by atoms with Gasteiger partial charge in [-0.3, -0.25) is 9.59 Å². The summed E-state index contributed by atoms with van der Waals surface area (Å²) in [7, 11) is -1.82. The van der Waals surface area contributed by atoms with Crippen molar-refractivity contribution in [1.82, 2.24) is 0 Å². The Morgan fingerprint density at radius 1 is 1.12 bits per heavy atom. The molecule has 5 nitrogen and oxygen atoms in total. The lowest BCUT2D eigenvalue weighted by Crippen LogP contribution is -2.50. The van der Waals surface area contributed by atoms with Gasteiger partial charge in [-0.25, -0.2) is 0 Å². The van der Waals surface area contributed by atoms with Gasteiger partial charge < -0.3 is 14.3 Å². The van der Waals surface area contributed by atoms with Crippen molar-refractivity contribution in [2.45, 2.75) is 117 Å². The van der Waals surface area contributed by atoms with Crippen LogP contribution in [0, 0.1) is 28.6 Å². The molecule has 184 valence electrons. The predicted molar refractivity (Wildman–Crippen MR) is 129 cm³/mol. The number of fused-ring (bicyclic) bond motifs is 1. The van der Waals surface area contributed by atoms with Crippen molar-refractivity contribution in [3.8, 4) is 0 Å².